The number of anilines is 1. The van der Waals surface area contributed by atoms with Crippen LogP contribution in [0.4, 0.5) is 60.2 Å². The number of amides is 2. The summed E-state index contributed by atoms with van der Waals surface area (Å²) in [5.41, 5.74) is -1.59. The number of aromatic nitrogens is 1. The van der Waals surface area contributed by atoms with Crippen molar-refractivity contribution in [3.05, 3.63) is 54.1 Å². The van der Waals surface area contributed by atoms with Crippen molar-refractivity contribution >= 4 is 27.7 Å². The predicted octanol–water partition coefficient (Wildman–Crippen LogP) is 8.02. The molecule has 0 spiro atoms. The van der Waals surface area contributed by atoms with Crippen molar-refractivity contribution in [3.63, 3.8) is 0 Å². The van der Waals surface area contributed by atoms with Crippen LogP contribution in [-0.4, -0.2) is 58.3 Å². The second-order valence-electron chi connectivity index (χ2n) is 11.4. The number of nitriles is 1. The van der Waals surface area contributed by atoms with Gasteiger partial charge in [0.15, 0.2) is 6.19 Å². The molecule has 1 saturated heterocycles. The van der Waals surface area contributed by atoms with Crippen LogP contribution in [0.5, 0.6) is 0 Å². The van der Waals surface area contributed by atoms with Gasteiger partial charge in [-0.05, 0) is 49.6 Å². The van der Waals surface area contributed by atoms with Crippen molar-refractivity contribution < 1.29 is 64.1 Å². The smallest absolute Gasteiger partial charge is 0.351 e. The highest BCUT2D eigenvalue weighted by Gasteiger charge is 2.68. The summed E-state index contributed by atoms with van der Waals surface area (Å²) in [5.74, 6) is -16.3. The van der Waals surface area contributed by atoms with Crippen molar-refractivity contribution in [3.8, 4) is 6.19 Å². The van der Waals surface area contributed by atoms with Gasteiger partial charge in [-0.3, -0.25) is 24.4 Å². The average molecular weight is 730 g/mol. The van der Waals surface area contributed by atoms with Gasteiger partial charge in [0.1, 0.15) is 22.8 Å². The van der Waals surface area contributed by atoms with E-state index in [9.17, 15) is 69.4 Å². The minimum absolute atomic E-state index is 0.0676. The number of likely N-dealkylation sites (tertiary alicyclic amines) is 1. The van der Waals surface area contributed by atoms with Gasteiger partial charge in [0.25, 0.3) is 5.91 Å². The number of carbonyl (C=O) groups is 2. The third-order valence-electron chi connectivity index (χ3n) is 8.03. The van der Waals surface area contributed by atoms with Gasteiger partial charge in [0.05, 0.1) is 12.1 Å². The van der Waals surface area contributed by atoms with Crippen LogP contribution >= 0.6 is 10.2 Å². The minimum Gasteiger partial charge on any atom is -0.351 e. The fourth-order valence-electron chi connectivity index (χ4n) is 5.67. The molecule has 48 heavy (non-hydrogen) atoms. The third-order valence-corrected chi connectivity index (χ3v) is 9.20. The highest BCUT2D eigenvalue weighted by molar-refractivity contribution is 8.45. The number of halogens is 13. The van der Waals surface area contributed by atoms with Gasteiger partial charge in [0, 0.05) is 42.9 Å². The number of nitrogens with one attached hydrogen (secondary N) is 1. The quantitative estimate of drug-likeness (QED) is 0.220. The third kappa shape index (κ3) is 7.68. The lowest BCUT2D eigenvalue weighted by Gasteiger charge is -2.41. The van der Waals surface area contributed by atoms with Crippen molar-refractivity contribution in [2.45, 2.75) is 73.1 Å². The number of rotatable bonds is 8. The normalized spacial score (nSPS) is 22.6. The van der Waals surface area contributed by atoms with Crippen LogP contribution in [0.15, 0.2) is 47.6 Å². The number of hydrogen-bond donors (Lipinski definition) is 1. The molecule has 2 fully saturated rings. The molecule has 4 rings (SSSR count). The van der Waals surface area contributed by atoms with Crippen LogP contribution < -0.4 is 10.2 Å². The maximum absolute atomic E-state index is 14.8. The molecule has 1 aliphatic heterocycles. The number of carbonyl (C=O) groups excluding carboxylic acids is 2. The number of hydrogen-bond acceptors (Lipinski definition) is 5. The minimum atomic E-state index is -10.4. The van der Waals surface area contributed by atoms with E-state index < -0.39 is 112 Å². The molecule has 2 aliphatic rings. The molecule has 2 amide bonds. The summed E-state index contributed by atoms with van der Waals surface area (Å²) in [6.07, 6.45) is -6.97. The Morgan fingerprint density at radius 3 is 2.08 bits per heavy atom. The Bertz CT molecular complexity index is 1590. The van der Waals surface area contributed by atoms with Gasteiger partial charge < -0.3 is 5.32 Å². The Labute approximate surface area is 263 Å². The summed E-state index contributed by atoms with van der Waals surface area (Å²) in [7, 11) is -10.4. The van der Waals surface area contributed by atoms with Gasteiger partial charge in [-0.15, -0.1) is 0 Å². The van der Waals surface area contributed by atoms with Crippen molar-refractivity contribution in [2.75, 3.05) is 11.4 Å². The molecule has 7 nitrogen and oxygen atoms in total. The van der Waals surface area contributed by atoms with Crippen LogP contribution in [0.2, 0.25) is 0 Å². The molecule has 1 aromatic heterocycles. The number of alkyl halides is 7. The lowest BCUT2D eigenvalue weighted by molar-refractivity contribution is -0.303. The molecule has 266 valence electrons. The zero-order chi connectivity index (χ0) is 36.2. The molecule has 2 heterocycles. The number of benzene rings is 1. The predicted molar refractivity (Wildman–Crippen MR) is 143 cm³/mol. The SMILES string of the molecule is N#CN1CC[C@@H](C(F)(F)C(F)(F)F)[C@@H]1C(=O)N(c1ccc(S(F)(F)(F)(F)F)cc1)C(C(=O)NC1CCC(F)(F)CC1)c1cncc(F)c1. The van der Waals surface area contributed by atoms with Crippen LogP contribution in [0.25, 0.3) is 0 Å². The molecular formula is C27H24F13N5O2S. The fraction of sp³-hybridized carbons (Fsp3) is 0.481. The van der Waals surface area contributed by atoms with Gasteiger partial charge in [-0.25, -0.2) is 13.2 Å². The Hall–Kier alpha value is -3.96. The monoisotopic (exact) mass is 729 g/mol. The maximum Gasteiger partial charge on any atom is 0.453 e. The molecule has 3 atom stereocenters. The first-order valence-corrected chi connectivity index (χ1v) is 15.8. The van der Waals surface area contributed by atoms with Gasteiger partial charge in [-0.1, -0.05) is 19.4 Å². The van der Waals surface area contributed by atoms with Crippen molar-refractivity contribution in [1.82, 2.24) is 15.2 Å². The summed E-state index contributed by atoms with van der Waals surface area (Å²) in [5, 5.41) is 11.8. The topological polar surface area (TPSA) is 89.3 Å². The maximum atomic E-state index is 14.8. The summed E-state index contributed by atoms with van der Waals surface area (Å²) in [6, 6.07) is -5.71. The first kappa shape index (κ1) is 36.9. The van der Waals surface area contributed by atoms with Gasteiger partial charge >= 0.3 is 22.3 Å². The van der Waals surface area contributed by atoms with Crippen molar-refractivity contribution in [1.29, 1.82) is 5.26 Å². The second-order valence-corrected chi connectivity index (χ2v) is 13.8. The summed E-state index contributed by atoms with van der Waals surface area (Å²) in [4.78, 5) is 29.2. The molecule has 1 unspecified atom stereocenters. The summed E-state index contributed by atoms with van der Waals surface area (Å²) >= 11 is 0. The standard InChI is InChI=1S/C27H24F13N5O2S/c28-16-11-15(12-42-13-16)21(23(46)43-17-5-8-25(29,30)9-6-17)45(18-1-3-19(4-2-18)48(36,37,38,39)40)24(47)22-20(7-10-44(22)14-41)26(31,32)27(33,34)35/h1-4,11-13,17,20-22H,5-10H2,(H,43,46)/t20-,21?,22-/m1/s1. The molecule has 1 aromatic carbocycles. The van der Waals surface area contributed by atoms with Crippen LogP contribution in [-0.2, 0) is 9.59 Å². The van der Waals surface area contributed by atoms with E-state index in [4.69, 9.17) is 0 Å². The zero-order valence-corrected chi connectivity index (χ0v) is 24.8. The van der Waals surface area contributed by atoms with Crippen LogP contribution in [0.3, 0.4) is 0 Å². The molecular weight excluding hydrogens is 705 g/mol. The van der Waals surface area contributed by atoms with Crippen LogP contribution in [0.1, 0.15) is 43.7 Å². The van der Waals surface area contributed by atoms with E-state index in [1.54, 1.807) is 0 Å². The molecule has 2 aromatic rings. The lowest BCUT2D eigenvalue weighted by atomic mass is 9.90. The molecule has 0 radical (unpaired) electrons. The summed E-state index contributed by atoms with van der Waals surface area (Å²) < 4.78 is 179. The average Bonchev–Trinajstić information content (AvgIpc) is 3.40. The molecule has 0 bridgehead atoms. The Morgan fingerprint density at radius 2 is 1.58 bits per heavy atom. The van der Waals surface area contributed by atoms with Crippen LogP contribution in [0, 0.1) is 23.2 Å². The zero-order valence-electron chi connectivity index (χ0n) is 24.0. The largest absolute Gasteiger partial charge is 0.453 e. The highest BCUT2D eigenvalue weighted by Crippen LogP contribution is 3.02. The first-order valence-electron chi connectivity index (χ1n) is 13.8. The van der Waals surface area contributed by atoms with Gasteiger partial charge in [0.2, 0.25) is 11.8 Å². The molecule has 21 heteroatoms. The van der Waals surface area contributed by atoms with E-state index >= 15 is 0 Å². The van der Waals surface area contributed by atoms with E-state index in [1.807, 2.05) is 0 Å². The van der Waals surface area contributed by atoms with E-state index in [0.29, 0.717) is 12.3 Å². The lowest BCUT2D eigenvalue weighted by Crippen LogP contribution is -2.57. The first-order chi connectivity index (χ1) is 21.8. The highest BCUT2D eigenvalue weighted by atomic mass is 32.5. The second kappa shape index (κ2) is 11.6. The van der Waals surface area contributed by atoms with E-state index in [0.717, 1.165) is 6.20 Å². The van der Waals surface area contributed by atoms with E-state index in [1.165, 1.54) is 6.19 Å². The molecule has 1 saturated carbocycles. The van der Waals surface area contributed by atoms with Gasteiger partial charge in [-0.2, -0.15) is 27.2 Å². The fourth-order valence-corrected chi connectivity index (χ4v) is 6.32. The van der Waals surface area contributed by atoms with E-state index in [-0.39, 0.29) is 46.9 Å². The summed E-state index contributed by atoms with van der Waals surface area (Å²) in [6.45, 7) is -0.852. The van der Waals surface area contributed by atoms with E-state index in [2.05, 4.69) is 10.3 Å². The number of pyridine rings is 1. The Balaban J connectivity index is 1.91. The molecule has 1 aliphatic carbocycles. The Kier molecular flexibility index (Phi) is 8.90. The number of nitrogens with zero attached hydrogens (tertiary/aromatic N) is 4. The van der Waals surface area contributed by atoms with Crippen molar-refractivity contribution in [2.24, 2.45) is 5.92 Å². The Morgan fingerprint density at radius 1 is 1.00 bits per heavy atom. The molecule has 1 N–H and O–H groups in total.